The van der Waals surface area contributed by atoms with Gasteiger partial charge in [0.1, 0.15) is 11.6 Å². The fourth-order valence-electron chi connectivity index (χ4n) is 3.04. The van der Waals surface area contributed by atoms with Crippen molar-refractivity contribution in [3.63, 3.8) is 0 Å². The number of halogens is 1. The Morgan fingerprint density at radius 3 is 2.81 bits per heavy atom. The smallest absolute Gasteiger partial charge is 0.357 e. The molecule has 2 heterocycles. The minimum atomic E-state index is -1.25. The first kappa shape index (κ1) is 16.2. The molecule has 0 atom stereocenters. The Balaban J connectivity index is 1.89. The molecule has 3 aromatic rings. The molecular formula is C18H13FN2O5. The van der Waals surface area contributed by atoms with Crippen molar-refractivity contribution in [1.29, 1.82) is 0 Å². The highest BCUT2D eigenvalue weighted by molar-refractivity contribution is 6.01. The van der Waals surface area contributed by atoms with Gasteiger partial charge in [-0.25, -0.2) is 13.9 Å². The van der Waals surface area contributed by atoms with E-state index in [1.807, 2.05) is 0 Å². The van der Waals surface area contributed by atoms with E-state index < -0.39 is 17.3 Å². The van der Waals surface area contributed by atoms with E-state index in [0.717, 1.165) is 4.68 Å². The fourth-order valence-corrected chi connectivity index (χ4v) is 3.04. The van der Waals surface area contributed by atoms with Crippen molar-refractivity contribution in [3.8, 4) is 5.75 Å². The maximum absolute atomic E-state index is 13.9. The number of hydrogen-bond acceptors (Lipinski definition) is 5. The molecule has 0 aliphatic carbocycles. The number of carboxylic acids is 1. The Bertz CT molecular complexity index is 1090. The fraction of sp³-hybridized carbons (Fsp3) is 0.167. The Morgan fingerprint density at radius 1 is 1.27 bits per heavy atom. The summed E-state index contributed by atoms with van der Waals surface area (Å²) in [5.41, 5.74) is 0.216. The van der Waals surface area contributed by atoms with Crippen LogP contribution >= 0.6 is 0 Å². The van der Waals surface area contributed by atoms with Crippen LogP contribution in [0.1, 0.15) is 21.6 Å². The lowest BCUT2D eigenvalue weighted by atomic mass is 10.1. The van der Waals surface area contributed by atoms with Crippen molar-refractivity contribution in [3.05, 3.63) is 69.4 Å². The van der Waals surface area contributed by atoms with Gasteiger partial charge in [0.25, 0.3) is 5.56 Å². The molecule has 1 aliphatic heterocycles. The van der Waals surface area contributed by atoms with E-state index in [0.29, 0.717) is 16.9 Å². The standard InChI is InChI=1S/C18H13FN2O5/c19-12-5-10(16-11(6-12)8-25-9-26-16)7-21-17(22)14-4-2-1-3-13(14)15(20-21)18(23)24/h1-6H,7-9H2,(H,23,24). The average Bonchev–Trinajstić information content (AvgIpc) is 2.63. The first-order valence-electron chi connectivity index (χ1n) is 7.79. The first-order chi connectivity index (χ1) is 12.5. The third-order valence-electron chi connectivity index (χ3n) is 4.14. The molecule has 0 fully saturated rings. The molecule has 7 nitrogen and oxygen atoms in total. The summed E-state index contributed by atoms with van der Waals surface area (Å²) in [5, 5.41) is 13.9. The van der Waals surface area contributed by atoms with Crippen molar-refractivity contribution in [2.45, 2.75) is 13.2 Å². The van der Waals surface area contributed by atoms with Crippen molar-refractivity contribution in [1.82, 2.24) is 9.78 Å². The molecule has 0 amide bonds. The number of carboxylic acid groups (broad SMARTS) is 1. The van der Waals surface area contributed by atoms with Gasteiger partial charge in [0.05, 0.1) is 18.5 Å². The van der Waals surface area contributed by atoms with Gasteiger partial charge in [0, 0.05) is 16.5 Å². The summed E-state index contributed by atoms with van der Waals surface area (Å²) in [4.78, 5) is 24.2. The molecule has 8 heteroatoms. The molecule has 132 valence electrons. The summed E-state index contributed by atoms with van der Waals surface area (Å²) in [6, 6.07) is 8.89. The molecule has 2 aromatic carbocycles. The second-order valence-corrected chi connectivity index (χ2v) is 5.83. The maximum atomic E-state index is 13.9. The van der Waals surface area contributed by atoms with Crippen LogP contribution in [0.5, 0.6) is 5.75 Å². The molecule has 26 heavy (non-hydrogen) atoms. The summed E-state index contributed by atoms with van der Waals surface area (Å²) < 4.78 is 25.5. The van der Waals surface area contributed by atoms with Crippen LogP contribution in [0, 0.1) is 5.82 Å². The molecule has 0 saturated carbocycles. The van der Waals surface area contributed by atoms with E-state index in [4.69, 9.17) is 9.47 Å². The normalized spacial score (nSPS) is 13.3. The number of benzene rings is 2. The van der Waals surface area contributed by atoms with Crippen LogP contribution < -0.4 is 10.3 Å². The molecule has 4 rings (SSSR count). The van der Waals surface area contributed by atoms with Crippen LogP contribution in [-0.4, -0.2) is 27.6 Å². The van der Waals surface area contributed by atoms with Gasteiger partial charge in [-0.05, 0) is 18.2 Å². The van der Waals surface area contributed by atoms with Gasteiger partial charge in [-0.15, -0.1) is 0 Å². The minimum absolute atomic E-state index is 0.0199. The molecule has 0 radical (unpaired) electrons. The predicted molar refractivity (Wildman–Crippen MR) is 88.7 cm³/mol. The number of hydrogen-bond donors (Lipinski definition) is 1. The first-order valence-corrected chi connectivity index (χ1v) is 7.79. The van der Waals surface area contributed by atoms with E-state index in [9.17, 15) is 19.1 Å². The predicted octanol–water partition coefficient (Wildman–Crippen LogP) is 2.15. The highest BCUT2D eigenvalue weighted by Gasteiger charge is 2.20. The van der Waals surface area contributed by atoms with Gasteiger partial charge in [-0.1, -0.05) is 18.2 Å². The lowest BCUT2D eigenvalue weighted by molar-refractivity contribution is -0.0173. The average molecular weight is 356 g/mol. The Hall–Kier alpha value is -3.26. The quantitative estimate of drug-likeness (QED) is 0.773. The van der Waals surface area contributed by atoms with Crippen molar-refractivity contribution in [2.24, 2.45) is 0 Å². The second-order valence-electron chi connectivity index (χ2n) is 5.83. The highest BCUT2D eigenvalue weighted by atomic mass is 19.1. The van der Waals surface area contributed by atoms with E-state index in [-0.39, 0.29) is 36.4 Å². The zero-order valence-electron chi connectivity index (χ0n) is 13.4. The Morgan fingerprint density at radius 2 is 2.04 bits per heavy atom. The lowest BCUT2D eigenvalue weighted by Crippen LogP contribution is -2.27. The molecule has 0 unspecified atom stereocenters. The van der Waals surface area contributed by atoms with E-state index in [1.165, 1.54) is 24.3 Å². The number of ether oxygens (including phenoxy) is 2. The number of aromatic nitrogens is 2. The maximum Gasteiger partial charge on any atom is 0.357 e. The van der Waals surface area contributed by atoms with E-state index >= 15 is 0 Å². The topological polar surface area (TPSA) is 90.7 Å². The van der Waals surface area contributed by atoms with Gasteiger partial charge in [0.2, 0.25) is 0 Å². The van der Waals surface area contributed by atoms with Crippen molar-refractivity contribution >= 4 is 16.7 Å². The summed E-state index contributed by atoms with van der Waals surface area (Å²) >= 11 is 0. The summed E-state index contributed by atoms with van der Waals surface area (Å²) in [6.07, 6.45) is 0. The van der Waals surface area contributed by atoms with Crippen LogP contribution in [0.3, 0.4) is 0 Å². The largest absolute Gasteiger partial charge is 0.476 e. The third-order valence-corrected chi connectivity index (χ3v) is 4.14. The minimum Gasteiger partial charge on any atom is -0.476 e. The molecule has 1 N–H and O–H groups in total. The number of fused-ring (bicyclic) bond motifs is 2. The van der Waals surface area contributed by atoms with Crippen LogP contribution in [0.4, 0.5) is 4.39 Å². The number of nitrogens with zero attached hydrogens (tertiary/aromatic N) is 2. The molecule has 0 bridgehead atoms. The second kappa shape index (κ2) is 6.23. The lowest BCUT2D eigenvalue weighted by Gasteiger charge is -2.21. The molecule has 0 saturated heterocycles. The van der Waals surface area contributed by atoms with Gasteiger partial charge in [-0.3, -0.25) is 4.79 Å². The summed E-state index contributed by atoms with van der Waals surface area (Å²) in [6.45, 7) is 0.0939. The van der Waals surface area contributed by atoms with E-state index in [2.05, 4.69) is 5.10 Å². The van der Waals surface area contributed by atoms with Crippen LogP contribution in [0.25, 0.3) is 10.8 Å². The monoisotopic (exact) mass is 356 g/mol. The molecule has 1 aliphatic rings. The SMILES string of the molecule is O=C(O)c1nn(Cc2cc(F)cc3c2OCOC3)c(=O)c2ccccc12. The van der Waals surface area contributed by atoms with Gasteiger partial charge in [-0.2, -0.15) is 5.10 Å². The Labute approximate surface area is 146 Å². The highest BCUT2D eigenvalue weighted by Crippen LogP contribution is 2.29. The molecule has 1 aromatic heterocycles. The Kier molecular flexibility index (Phi) is 3.89. The number of aromatic carboxylic acids is 1. The van der Waals surface area contributed by atoms with Crippen molar-refractivity contribution in [2.75, 3.05) is 6.79 Å². The van der Waals surface area contributed by atoms with Gasteiger partial charge >= 0.3 is 5.97 Å². The van der Waals surface area contributed by atoms with Gasteiger partial charge in [0.15, 0.2) is 12.5 Å². The number of rotatable bonds is 3. The molecule has 0 spiro atoms. The summed E-state index contributed by atoms with van der Waals surface area (Å²) in [5.74, 6) is -1.32. The summed E-state index contributed by atoms with van der Waals surface area (Å²) in [7, 11) is 0. The van der Waals surface area contributed by atoms with Crippen LogP contribution in [0.15, 0.2) is 41.2 Å². The zero-order valence-corrected chi connectivity index (χ0v) is 13.4. The van der Waals surface area contributed by atoms with Gasteiger partial charge < -0.3 is 14.6 Å². The number of carbonyl (C=O) groups is 1. The van der Waals surface area contributed by atoms with Crippen LogP contribution in [-0.2, 0) is 17.9 Å². The zero-order chi connectivity index (χ0) is 18.3. The van der Waals surface area contributed by atoms with Crippen LogP contribution in [0.2, 0.25) is 0 Å². The third kappa shape index (κ3) is 2.70. The molecular weight excluding hydrogens is 343 g/mol. The van der Waals surface area contributed by atoms with Crippen molar-refractivity contribution < 1.29 is 23.8 Å². The van der Waals surface area contributed by atoms with E-state index in [1.54, 1.807) is 12.1 Å².